The summed E-state index contributed by atoms with van der Waals surface area (Å²) in [6.45, 7) is 1.70. The van der Waals surface area contributed by atoms with Crippen molar-refractivity contribution >= 4 is 37.5 Å². The molecule has 7 nitrogen and oxygen atoms in total. The number of sulfonamides is 1. The zero-order valence-electron chi connectivity index (χ0n) is 10.5. The SMILES string of the molecule is CCC(=O)Nc1nnc(NS(=O)(=O)c2ccccc2)s1. The summed E-state index contributed by atoms with van der Waals surface area (Å²) in [5, 5.41) is 10.2. The van der Waals surface area contributed by atoms with Gasteiger partial charge in [-0.2, -0.15) is 0 Å². The Morgan fingerprint density at radius 3 is 2.50 bits per heavy atom. The van der Waals surface area contributed by atoms with Crippen molar-refractivity contribution in [3.8, 4) is 0 Å². The van der Waals surface area contributed by atoms with Crippen molar-refractivity contribution in [3.05, 3.63) is 30.3 Å². The second kappa shape index (κ2) is 5.97. The summed E-state index contributed by atoms with van der Waals surface area (Å²) in [5.74, 6) is -0.210. The minimum Gasteiger partial charge on any atom is -0.300 e. The predicted molar refractivity (Wildman–Crippen MR) is 76.1 cm³/mol. The van der Waals surface area contributed by atoms with Crippen LogP contribution >= 0.6 is 11.3 Å². The summed E-state index contributed by atoms with van der Waals surface area (Å²) in [4.78, 5) is 11.3. The van der Waals surface area contributed by atoms with Gasteiger partial charge in [0, 0.05) is 6.42 Å². The molecule has 1 aromatic carbocycles. The Labute approximate surface area is 120 Å². The molecule has 0 fully saturated rings. The highest BCUT2D eigenvalue weighted by Gasteiger charge is 2.16. The van der Waals surface area contributed by atoms with Crippen LogP contribution < -0.4 is 10.0 Å². The molecule has 1 amide bonds. The van der Waals surface area contributed by atoms with E-state index in [1.165, 1.54) is 12.1 Å². The fourth-order valence-corrected chi connectivity index (χ4v) is 3.21. The maximum Gasteiger partial charge on any atom is 0.263 e. The van der Waals surface area contributed by atoms with Gasteiger partial charge in [0.25, 0.3) is 10.0 Å². The zero-order chi connectivity index (χ0) is 14.6. The number of hydrogen-bond acceptors (Lipinski definition) is 6. The van der Waals surface area contributed by atoms with Crippen LogP contribution in [0.2, 0.25) is 0 Å². The van der Waals surface area contributed by atoms with Gasteiger partial charge in [0.05, 0.1) is 4.90 Å². The first-order valence-corrected chi connectivity index (χ1v) is 8.02. The number of hydrogen-bond donors (Lipinski definition) is 2. The molecule has 0 unspecified atom stereocenters. The molecule has 0 atom stereocenters. The Morgan fingerprint density at radius 2 is 1.85 bits per heavy atom. The fraction of sp³-hybridized carbons (Fsp3) is 0.182. The Kier molecular flexibility index (Phi) is 4.30. The fourth-order valence-electron chi connectivity index (χ4n) is 1.30. The molecule has 0 aliphatic rings. The van der Waals surface area contributed by atoms with Crippen LogP contribution in [0.25, 0.3) is 0 Å². The zero-order valence-corrected chi connectivity index (χ0v) is 12.2. The summed E-state index contributed by atoms with van der Waals surface area (Å²) in [7, 11) is -3.69. The lowest BCUT2D eigenvalue weighted by atomic mass is 10.4. The van der Waals surface area contributed by atoms with Gasteiger partial charge in [0.15, 0.2) is 0 Å². The topological polar surface area (TPSA) is 101 Å². The summed E-state index contributed by atoms with van der Waals surface area (Å²) in [6.07, 6.45) is 0.310. The summed E-state index contributed by atoms with van der Waals surface area (Å²) in [6, 6.07) is 7.93. The van der Waals surface area contributed by atoms with Crippen LogP contribution in [0, 0.1) is 0 Å². The first kappa shape index (κ1) is 14.4. The summed E-state index contributed by atoms with van der Waals surface area (Å²) < 4.78 is 26.4. The lowest BCUT2D eigenvalue weighted by Gasteiger charge is -2.03. The van der Waals surface area contributed by atoms with E-state index in [4.69, 9.17) is 0 Å². The van der Waals surface area contributed by atoms with Gasteiger partial charge in [-0.1, -0.05) is 36.5 Å². The molecule has 1 heterocycles. The second-order valence-corrected chi connectivity index (χ2v) is 6.39. The van der Waals surface area contributed by atoms with E-state index < -0.39 is 10.0 Å². The minimum atomic E-state index is -3.69. The van der Waals surface area contributed by atoms with E-state index in [0.29, 0.717) is 6.42 Å². The first-order valence-electron chi connectivity index (χ1n) is 5.72. The third-order valence-corrected chi connectivity index (χ3v) is 4.51. The predicted octanol–water partition coefficient (Wildman–Crippen LogP) is 1.69. The van der Waals surface area contributed by atoms with Gasteiger partial charge >= 0.3 is 0 Å². The molecule has 2 N–H and O–H groups in total. The number of nitrogens with zero attached hydrogens (tertiary/aromatic N) is 2. The second-order valence-electron chi connectivity index (χ2n) is 3.73. The van der Waals surface area contributed by atoms with E-state index in [1.54, 1.807) is 25.1 Å². The number of nitrogens with one attached hydrogen (secondary N) is 2. The van der Waals surface area contributed by atoms with Crippen molar-refractivity contribution in [1.29, 1.82) is 0 Å². The smallest absolute Gasteiger partial charge is 0.263 e. The van der Waals surface area contributed by atoms with Crippen LogP contribution in [-0.2, 0) is 14.8 Å². The van der Waals surface area contributed by atoms with E-state index >= 15 is 0 Å². The molecule has 1 aromatic heterocycles. The Balaban J connectivity index is 2.13. The molecule has 0 aliphatic carbocycles. The van der Waals surface area contributed by atoms with Crippen LogP contribution in [0.5, 0.6) is 0 Å². The molecular formula is C11H12N4O3S2. The molecule has 0 saturated heterocycles. The summed E-state index contributed by atoms with van der Waals surface area (Å²) in [5.41, 5.74) is 0. The lowest BCUT2D eigenvalue weighted by molar-refractivity contribution is -0.115. The summed E-state index contributed by atoms with van der Waals surface area (Å²) >= 11 is 0.954. The molecule has 0 bridgehead atoms. The monoisotopic (exact) mass is 312 g/mol. The van der Waals surface area contributed by atoms with Crippen molar-refractivity contribution in [1.82, 2.24) is 10.2 Å². The van der Waals surface area contributed by atoms with Crippen LogP contribution in [0.4, 0.5) is 10.3 Å². The molecule has 0 spiro atoms. The van der Waals surface area contributed by atoms with E-state index in [-0.39, 0.29) is 21.1 Å². The standard InChI is InChI=1S/C11H12N4O3S2/c1-2-9(16)12-10-13-14-11(19-10)15-20(17,18)8-6-4-3-5-7-8/h3-7H,2H2,1H3,(H,14,15)(H,12,13,16). The maximum atomic E-state index is 12.0. The third-order valence-electron chi connectivity index (χ3n) is 2.27. The quantitative estimate of drug-likeness (QED) is 0.875. The lowest BCUT2D eigenvalue weighted by Crippen LogP contribution is -2.12. The first-order chi connectivity index (χ1) is 9.51. The average Bonchev–Trinajstić information content (AvgIpc) is 2.86. The Bertz CT molecular complexity index is 697. The van der Waals surface area contributed by atoms with Gasteiger partial charge in [0.1, 0.15) is 0 Å². The number of amides is 1. The van der Waals surface area contributed by atoms with E-state index in [1.807, 2.05) is 0 Å². The van der Waals surface area contributed by atoms with E-state index in [9.17, 15) is 13.2 Å². The highest BCUT2D eigenvalue weighted by Crippen LogP contribution is 2.23. The third kappa shape index (κ3) is 3.52. The van der Waals surface area contributed by atoms with Gasteiger partial charge in [-0.3, -0.25) is 9.52 Å². The molecule has 2 aromatic rings. The van der Waals surface area contributed by atoms with Gasteiger partial charge in [0.2, 0.25) is 16.2 Å². The van der Waals surface area contributed by atoms with Crippen molar-refractivity contribution < 1.29 is 13.2 Å². The molecule has 0 radical (unpaired) electrons. The number of aromatic nitrogens is 2. The van der Waals surface area contributed by atoms with E-state index in [2.05, 4.69) is 20.2 Å². The van der Waals surface area contributed by atoms with Gasteiger partial charge < -0.3 is 5.32 Å². The number of rotatable bonds is 5. The molecule has 20 heavy (non-hydrogen) atoms. The van der Waals surface area contributed by atoms with Gasteiger partial charge in [-0.15, -0.1) is 10.2 Å². The Morgan fingerprint density at radius 1 is 1.20 bits per heavy atom. The van der Waals surface area contributed by atoms with Crippen LogP contribution in [0.15, 0.2) is 35.2 Å². The normalized spacial score (nSPS) is 11.1. The maximum absolute atomic E-state index is 12.0. The largest absolute Gasteiger partial charge is 0.300 e. The number of carbonyl (C=O) groups is 1. The molecule has 0 aliphatic heterocycles. The highest BCUT2D eigenvalue weighted by molar-refractivity contribution is 7.93. The van der Waals surface area contributed by atoms with Gasteiger partial charge in [-0.25, -0.2) is 8.42 Å². The molecular weight excluding hydrogens is 300 g/mol. The van der Waals surface area contributed by atoms with Crippen LogP contribution in [-0.4, -0.2) is 24.5 Å². The van der Waals surface area contributed by atoms with Crippen molar-refractivity contribution in [2.24, 2.45) is 0 Å². The number of carbonyl (C=O) groups excluding carboxylic acids is 1. The van der Waals surface area contributed by atoms with Gasteiger partial charge in [-0.05, 0) is 12.1 Å². The van der Waals surface area contributed by atoms with Crippen molar-refractivity contribution in [3.63, 3.8) is 0 Å². The molecule has 0 saturated carbocycles. The minimum absolute atomic E-state index is 0.0975. The Hall–Kier alpha value is -2.00. The number of anilines is 2. The highest BCUT2D eigenvalue weighted by atomic mass is 32.2. The molecule has 9 heteroatoms. The van der Waals surface area contributed by atoms with Crippen LogP contribution in [0.1, 0.15) is 13.3 Å². The van der Waals surface area contributed by atoms with Crippen molar-refractivity contribution in [2.45, 2.75) is 18.2 Å². The van der Waals surface area contributed by atoms with Crippen LogP contribution in [0.3, 0.4) is 0 Å². The van der Waals surface area contributed by atoms with E-state index in [0.717, 1.165) is 11.3 Å². The molecule has 106 valence electrons. The number of benzene rings is 1. The average molecular weight is 312 g/mol. The molecule has 2 rings (SSSR count). The van der Waals surface area contributed by atoms with Crippen molar-refractivity contribution in [2.75, 3.05) is 10.0 Å².